The van der Waals surface area contributed by atoms with Gasteiger partial charge in [-0.25, -0.2) is 0 Å². The van der Waals surface area contributed by atoms with Crippen LogP contribution >= 0.6 is 0 Å². The molecule has 2 heterocycles. The highest BCUT2D eigenvalue weighted by Crippen LogP contribution is 2.17. The Morgan fingerprint density at radius 3 is 2.36 bits per heavy atom. The zero-order valence-electron chi connectivity index (χ0n) is 14.5. The summed E-state index contributed by atoms with van der Waals surface area (Å²) in [6.45, 7) is 1.53. The molecule has 0 bridgehead atoms. The van der Waals surface area contributed by atoms with Gasteiger partial charge in [-0.1, -0.05) is 31.0 Å². The van der Waals surface area contributed by atoms with Gasteiger partial charge < -0.3 is 9.80 Å². The van der Waals surface area contributed by atoms with Gasteiger partial charge in [0.15, 0.2) is 0 Å². The van der Waals surface area contributed by atoms with E-state index in [1.54, 1.807) is 24.1 Å². The monoisotopic (exact) mass is 337 g/mol. The maximum Gasteiger partial charge on any atom is 0.272 e. The van der Waals surface area contributed by atoms with E-state index in [1.807, 2.05) is 35.2 Å². The Balaban J connectivity index is 1.78. The molecule has 3 rings (SSSR count). The van der Waals surface area contributed by atoms with Crippen LogP contribution in [0, 0.1) is 0 Å². The van der Waals surface area contributed by atoms with Crippen LogP contribution in [0.5, 0.6) is 0 Å². The molecular weight excluding hydrogens is 314 g/mol. The number of aromatic nitrogens is 1. The lowest BCUT2D eigenvalue weighted by Crippen LogP contribution is -2.33. The fraction of sp³-hybridized carbons (Fsp3) is 0.350. The van der Waals surface area contributed by atoms with Gasteiger partial charge >= 0.3 is 0 Å². The van der Waals surface area contributed by atoms with Gasteiger partial charge in [-0.2, -0.15) is 0 Å². The fourth-order valence-electron chi connectivity index (χ4n) is 3.08. The van der Waals surface area contributed by atoms with Crippen LogP contribution in [0.2, 0.25) is 0 Å². The van der Waals surface area contributed by atoms with Crippen LogP contribution in [-0.2, 0) is 0 Å². The molecule has 0 atom stereocenters. The average Bonchev–Trinajstić information content (AvgIpc) is 2.96. The molecule has 1 aromatic carbocycles. The largest absolute Gasteiger partial charge is 0.337 e. The van der Waals surface area contributed by atoms with Crippen LogP contribution < -0.4 is 4.90 Å². The lowest BCUT2D eigenvalue weighted by Gasteiger charge is -2.20. The number of nitrogens with zero attached hydrogens (tertiary/aromatic N) is 3. The topological polar surface area (TPSA) is 53.5 Å². The van der Waals surface area contributed by atoms with Crippen molar-refractivity contribution in [3.05, 3.63) is 59.9 Å². The van der Waals surface area contributed by atoms with Crippen LogP contribution in [0.25, 0.3) is 0 Å². The molecule has 2 aromatic rings. The van der Waals surface area contributed by atoms with Crippen molar-refractivity contribution in [2.45, 2.75) is 25.7 Å². The Morgan fingerprint density at radius 1 is 1.00 bits per heavy atom. The summed E-state index contributed by atoms with van der Waals surface area (Å²) in [5, 5.41) is 0. The van der Waals surface area contributed by atoms with Crippen molar-refractivity contribution in [2.75, 3.05) is 25.0 Å². The van der Waals surface area contributed by atoms with Crippen molar-refractivity contribution in [3.63, 3.8) is 0 Å². The van der Waals surface area contributed by atoms with E-state index in [2.05, 4.69) is 4.98 Å². The summed E-state index contributed by atoms with van der Waals surface area (Å²) in [6.07, 6.45) is 5.93. The SMILES string of the molecule is CN(C(=O)c1ccnc(C(=O)N2CCCCCC2)c1)c1ccccc1. The number of carbonyl (C=O) groups is 2. The number of carbonyl (C=O) groups excluding carboxylic acids is 2. The lowest BCUT2D eigenvalue weighted by atomic mass is 10.1. The van der Waals surface area contributed by atoms with Gasteiger partial charge in [-0.15, -0.1) is 0 Å². The van der Waals surface area contributed by atoms with E-state index in [4.69, 9.17) is 0 Å². The van der Waals surface area contributed by atoms with Gasteiger partial charge in [0.25, 0.3) is 11.8 Å². The van der Waals surface area contributed by atoms with Gasteiger partial charge in [0.2, 0.25) is 0 Å². The molecule has 0 radical (unpaired) electrons. The maximum atomic E-state index is 12.7. The zero-order chi connectivity index (χ0) is 17.6. The first kappa shape index (κ1) is 17.1. The molecule has 1 fully saturated rings. The van der Waals surface area contributed by atoms with Crippen LogP contribution in [0.4, 0.5) is 5.69 Å². The van der Waals surface area contributed by atoms with E-state index in [0.717, 1.165) is 44.5 Å². The molecule has 2 amide bonds. The minimum atomic E-state index is -0.154. The van der Waals surface area contributed by atoms with Gasteiger partial charge in [-0.05, 0) is 37.1 Å². The zero-order valence-corrected chi connectivity index (χ0v) is 14.5. The van der Waals surface area contributed by atoms with Gasteiger partial charge in [0.05, 0.1) is 0 Å². The number of hydrogen-bond acceptors (Lipinski definition) is 3. The van der Waals surface area contributed by atoms with Crippen molar-refractivity contribution in [2.24, 2.45) is 0 Å². The smallest absolute Gasteiger partial charge is 0.272 e. The van der Waals surface area contributed by atoms with Crippen LogP contribution in [0.3, 0.4) is 0 Å². The maximum absolute atomic E-state index is 12.7. The molecule has 130 valence electrons. The number of para-hydroxylation sites is 1. The number of benzene rings is 1. The number of hydrogen-bond donors (Lipinski definition) is 0. The molecule has 1 aliphatic rings. The van der Waals surface area contributed by atoms with E-state index in [1.165, 1.54) is 6.20 Å². The Labute approximate surface area is 148 Å². The second kappa shape index (κ2) is 7.92. The molecule has 1 aromatic heterocycles. The van der Waals surface area contributed by atoms with Crippen LogP contribution in [0.15, 0.2) is 48.7 Å². The molecule has 0 saturated carbocycles. The standard InChI is InChI=1S/C20H23N3O2/c1-22(17-9-5-4-6-10-17)19(24)16-11-12-21-18(15-16)20(25)23-13-7-2-3-8-14-23/h4-6,9-12,15H,2-3,7-8,13-14H2,1H3. The fourth-order valence-corrected chi connectivity index (χ4v) is 3.08. The average molecular weight is 337 g/mol. The summed E-state index contributed by atoms with van der Waals surface area (Å²) in [4.78, 5) is 33.1. The Kier molecular flexibility index (Phi) is 5.43. The van der Waals surface area contributed by atoms with Crippen molar-refractivity contribution < 1.29 is 9.59 Å². The van der Waals surface area contributed by atoms with Gasteiger partial charge in [-0.3, -0.25) is 14.6 Å². The van der Waals surface area contributed by atoms with E-state index in [-0.39, 0.29) is 11.8 Å². The normalized spacial score (nSPS) is 14.7. The third kappa shape index (κ3) is 4.05. The Hall–Kier alpha value is -2.69. The van der Waals surface area contributed by atoms with Crippen molar-refractivity contribution in [1.82, 2.24) is 9.88 Å². The molecule has 5 heteroatoms. The summed E-state index contributed by atoms with van der Waals surface area (Å²) in [5.74, 6) is -0.238. The van der Waals surface area contributed by atoms with Gasteiger partial charge in [0, 0.05) is 37.6 Å². The number of rotatable bonds is 3. The summed E-state index contributed by atoms with van der Waals surface area (Å²) >= 11 is 0. The predicted molar refractivity (Wildman–Crippen MR) is 97.8 cm³/mol. The van der Waals surface area contributed by atoms with Crippen LogP contribution in [-0.4, -0.2) is 41.8 Å². The molecule has 0 N–H and O–H groups in total. The number of amides is 2. The minimum Gasteiger partial charge on any atom is -0.337 e. The van der Waals surface area contributed by atoms with E-state index >= 15 is 0 Å². The second-order valence-corrected chi connectivity index (χ2v) is 6.34. The first-order valence-electron chi connectivity index (χ1n) is 8.75. The molecule has 0 spiro atoms. The summed E-state index contributed by atoms with van der Waals surface area (Å²) < 4.78 is 0. The summed E-state index contributed by atoms with van der Waals surface area (Å²) in [6, 6.07) is 12.7. The molecular formula is C20H23N3O2. The second-order valence-electron chi connectivity index (χ2n) is 6.34. The van der Waals surface area contributed by atoms with E-state index in [0.29, 0.717) is 11.3 Å². The van der Waals surface area contributed by atoms with Crippen LogP contribution in [0.1, 0.15) is 46.5 Å². The highest BCUT2D eigenvalue weighted by atomic mass is 16.2. The number of likely N-dealkylation sites (tertiary alicyclic amines) is 1. The molecule has 25 heavy (non-hydrogen) atoms. The summed E-state index contributed by atoms with van der Waals surface area (Å²) in [5.41, 5.74) is 1.62. The third-order valence-corrected chi connectivity index (χ3v) is 4.57. The molecule has 0 aliphatic carbocycles. The molecule has 1 saturated heterocycles. The third-order valence-electron chi connectivity index (χ3n) is 4.57. The molecule has 5 nitrogen and oxygen atoms in total. The van der Waals surface area contributed by atoms with Crippen molar-refractivity contribution in [3.8, 4) is 0 Å². The molecule has 1 aliphatic heterocycles. The first-order chi connectivity index (χ1) is 12.2. The predicted octanol–water partition coefficient (Wildman–Crippen LogP) is 3.37. The number of pyridine rings is 1. The highest BCUT2D eigenvalue weighted by molar-refractivity contribution is 6.06. The van der Waals surface area contributed by atoms with Crippen molar-refractivity contribution in [1.29, 1.82) is 0 Å². The van der Waals surface area contributed by atoms with E-state index in [9.17, 15) is 9.59 Å². The number of anilines is 1. The van der Waals surface area contributed by atoms with E-state index < -0.39 is 0 Å². The minimum absolute atomic E-state index is 0.0843. The first-order valence-corrected chi connectivity index (χ1v) is 8.75. The lowest BCUT2D eigenvalue weighted by molar-refractivity contribution is 0.0755. The quantitative estimate of drug-likeness (QED) is 0.863. The van der Waals surface area contributed by atoms with Gasteiger partial charge in [0.1, 0.15) is 5.69 Å². The Bertz CT molecular complexity index is 738. The Morgan fingerprint density at radius 2 is 1.68 bits per heavy atom. The highest BCUT2D eigenvalue weighted by Gasteiger charge is 2.21. The summed E-state index contributed by atoms with van der Waals surface area (Å²) in [7, 11) is 1.73. The molecule has 0 unspecified atom stereocenters. The van der Waals surface area contributed by atoms with Crippen molar-refractivity contribution >= 4 is 17.5 Å².